The van der Waals surface area contributed by atoms with Gasteiger partial charge in [0, 0.05) is 11.3 Å². The lowest BCUT2D eigenvalue weighted by Gasteiger charge is -2.07. The molecule has 3 rings (SSSR count). The largest absolute Gasteiger partial charge is 0.467 e. The van der Waals surface area contributed by atoms with Gasteiger partial charge in [0.15, 0.2) is 17.3 Å². The molecular formula is C18H16N4O3. The highest BCUT2D eigenvalue weighted by molar-refractivity contribution is 5.95. The highest BCUT2D eigenvalue weighted by Crippen LogP contribution is 2.16. The van der Waals surface area contributed by atoms with Crippen LogP contribution in [0.4, 0.5) is 11.5 Å². The van der Waals surface area contributed by atoms with Gasteiger partial charge in [-0.1, -0.05) is 12.1 Å². The van der Waals surface area contributed by atoms with Gasteiger partial charge in [0.1, 0.15) is 5.76 Å². The Kier molecular flexibility index (Phi) is 4.84. The van der Waals surface area contributed by atoms with Crippen LogP contribution in [-0.4, -0.2) is 21.9 Å². The van der Waals surface area contributed by atoms with Gasteiger partial charge in [0.2, 0.25) is 0 Å². The predicted molar refractivity (Wildman–Crippen MR) is 91.6 cm³/mol. The number of ketones is 1. The van der Waals surface area contributed by atoms with Crippen molar-refractivity contribution in [1.29, 1.82) is 0 Å². The number of carbonyl (C=O) groups excluding carboxylic acids is 2. The lowest BCUT2D eigenvalue weighted by Crippen LogP contribution is -2.23. The number of furan rings is 1. The molecule has 126 valence electrons. The molecule has 0 fully saturated rings. The van der Waals surface area contributed by atoms with Crippen LogP contribution in [0.25, 0.3) is 0 Å². The fourth-order valence-corrected chi connectivity index (χ4v) is 2.15. The zero-order valence-electron chi connectivity index (χ0n) is 13.5. The number of Topliss-reactive ketones (excluding diaryl/α,β-unsaturated/α-hetero) is 1. The molecule has 1 aromatic carbocycles. The van der Waals surface area contributed by atoms with Crippen molar-refractivity contribution in [1.82, 2.24) is 15.5 Å². The van der Waals surface area contributed by atoms with Crippen LogP contribution in [0, 0.1) is 0 Å². The second kappa shape index (κ2) is 7.39. The van der Waals surface area contributed by atoms with Crippen LogP contribution >= 0.6 is 0 Å². The maximum absolute atomic E-state index is 12.0. The van der Waals surface area contributed by atoms with Gasteiger partial charge in [-0.3, -0.25) is 9.59 Å². The predicted octanol–water partition coefficient (Wildman–Crippen LogP) is 2.95. The van der Waals surface area contributed by atoms with E-state index in [1.54, 1.807) is 48.7 Å². The number of carbonyl (C=O) groups is 2. The lowest BCUT2D eigenvalue weighted by molar-refractivity contribution is 0.0941. The van der Waals surface area contributed by atoms with Crippen LogP contribution in [-0.2, 0) is 6.54 Å². The monoisotopic (exact) mass is 336 g/mol. The molecule has 0 saturated carbocycles. The molecule has 2 N–H and O–H groups in total. The molecule has 25 heavy (non-hydrogen) atoms. The number of rotatable bonds is 6. The zero-order valence-corrected chi connectivity index (χ0v) is 13.5. The van der Waals surface area contributed by atoms with Crippen molar-refractivity contribution >= 4 is 23.2 Å². The minimum atomic E-state index is -0.339. The summed E-state index contributed by atoms with van der Waals surface area (Å²) in [5, 5.41) is 13.6. The molecule has 3 aromatic rings. The number of anilines is 2. The van der Waals surface area contributed by atoms with E-state index >= 15 is 0 Å². The average Bonchev–Trinajstić information content (AvgIpc) is 3.14. The zero-order chi connectivity index (χ0) is 17.6. The summed E-state index contributed by atoms with van der Waals surface area (Å²) < 4.78 is 5.15. The van der Waals surface area contributed by atoms with Crippen LogP contribution in [0.3, 0.4) is 0 Å². The smallest absolute Gasteiger partial charge is 0.272 e. The van der Waals surface area contributed by atoms with Crippen molar-refractivity contribution in [2.24, 2.45) is 0 Å². The number of amides is 1. The van der Waals surface area contributed by atoms with Gasteiger partial charge in [-0.25, -0.2) is 0 Å². The van der Waals surface area contributed by atoms with E-state index in [2.05, 4.69) is 20.8 Å². The molecule has 0 aliphatic heterocycles. The summed E-state index contributed by atoms with van der Waals surface area (Å²) in [6.07, 6.45) is 1.54. The van der Waals surface area contributed by atoms with Crippen molar-refractivity contribution in [3.63, 3.8) is 0 Å². The minimum Gasteiger partial charge on any atom is -0.467 e. The minimum absolute atomic E-state index is 0.0155. The summed E-state index contributed by atoms with van der Waals surface area (Å²) in [7, 11) is 0. The van der Waals surface area contributed by atoms with Crippen LogP contribution in [0.5, 0.6) is 0 Å². The Morgan fingerprint density at radius 2 is 1.96 bits per heavy atom. The van der Waals surface area contributed by atoms with Crippen molar-refractivity contribution in [2.45, 2.75) is 13.5 Å². The topological polar surface area (TPSA) is 97.1 Å². The molecule has 0 radical (unpaired) electrons. The first-order chi connectivity index (χ1) is 12.1. The van der Waals surface area contributed by atoms with Crippen LogP contribution in [0.1, 0.15) is 33.5 Å². The molecule has 0 bridgehead atoms. The van der Waals surface area contributed by atoms with Gasteiger partial charge in [-0.2, -0.15) is 0 Å². The molecule has 1 amide bonds. The first-order valence-electron chi connectivity index (χ1n) is 7.64. The molecule has 7 heteroatoms. The number of nitrogens with zero attached hydrogens (tertiary/aromatic N) is 2. The Morgan fingerprint density at radius 1 is 1.08 bits per heavy atom. The molecule has 7 nitrogen and oxygen atoms in total. The highest BCUT2D eigenvalue weighted by Gasteiger charge is 2.09. The molecule has 0 spiro atoms. The molecule has 0 saturated heterocycles. The number of hydrogen-bond acceptors (Lipinski definition) is 6. The summed E-state index contributed by atoms with van der Waals surface area (Å²) in [6, 6.07) is 13.8. The maximum Gasteiger partial charge on any atom is 0.272 e. The normalized spacial score (nSPS) is 10.3. The Hall–Kier alpha value is -3.48. The van der Waals surface area contributed by atoms with Gasteiger partial charge in [0.05, 0.1) is 12.8 Å². The third-order valence-electron chi connectivity index (χ3n) is 3.44. The van der Waals surface area contributed by atoms with Crippen molar-refractivity contribution < 1.29 is 14.0 Å². The molecule has 0 unspecified atom stereocenters. The maximum atomic E-state index is 12.0. The van der Waals surface area contributed by atoms with Gasteiger partial charge in [0.25, 0.3) is 5.91 Å². The van der Waals surface area contributed by atoms with Gasteiger partial charge in [-0.05, 0) is 43.3 Å². The summed E-state index contributed by atoms with van der Waals surface area (Å²) in [6.45, 7) is 1.79. The molecule has 0 aliphatic rings. The summed E-state index contributed by atoms with van der Waals surface area (Å²) in [5.74, 6) is 0.778. The number of aromatic nitrogens is 2. The van der Waals surface area contributed by atoms with E-state index in [1.807, 2.05) is 6.07 Å². The van der Waals surface area contributed by atoms with E-state index in [0.29, 0.717) is 17.1 Å². The van der Waals surface area contributed by atoms with E-state index in [-0.39, 0.29) is 23.9 Å². The summed E-state index contributed by atoms with van der Waals surface area (Å²) >= 11 is 0. The fraction of sp³-hybridized carbons (Fsp3) is 0.111. The number of nitrogens with one attached hydrogen (secondary N) is 2. The first kappa shape index (κ1) is 16.4. The first-order valence-corrected chi connectivity index (χ1v) is 7.64. The summed E-state index contributed by atoms with van der Waals surface area (Å²) in [5.41, 5.74) is 1.53. The van der Waals surface area contributed by atoms with Crippen molar-refractivity contribution in [3.8, 4) is 0 Å². The van der Waals surface area contributed by atoms with E-state index in [4.69, 9.17) is 4.42 Å². The Balaban J connectivity index is 1.62. The second-order valence-electron chi connectivity index (χ2n) is 5.33. The van der Waals surface area contributed by atoms with E-state index < -0.39 is 0 Å². The molecule has 0 atom stereocenters. The van der Waals surface area contributed by atoms with Gasteiger partial charge in [-0.15, -0.1) is 10.2 Å². The molecule has 0 aliphatic carbocycles. The highest BCUT2D eigenvalue weighted by atomic mass is 16.3. The van der Waals surface area contributed by atoms with E-state index in [0.717, 1.165) is 5.69 Å². The van der Waals surface area contributed by atoms with Crippen molar-refractivity contribution in [2.75, 3.05) is 5.32 Å². The molecule has 2 heterocycles. The van der Waals surface area contributed by atoms with Crippen LogP contribution < -0.4 is 10.6 Å². The summed E-state index contributed by atoms with van der Waals surface area (Å²) in [4.78, 5) is 23.4. The standard InChI is InChI=1S/C18H16N4O3/c1-12(23)13-4-2-5-14(10-13)20-17-8-7-16(21-22-17)18(24)19-11-15-6-3-9-25-15/h2-10H,11H2,1H3,(H,19,24)(H,20,22). The molecular weight excluding hydrogens is 320 g/mol. The Morgan fingerprint density at radius 3 is 2.64 bits per heavy atom. The SMILES string of the molecule is CC(=O)c1cccc(Nc2ccc(C(=O)NCc3ccco3)nn2)c1. The third-order valence-corrected chi connectivity index (χ3v) is 3.44. The lowest BCUT2D eigenvalue weighted by atomic mass is 10.1. The number of benzene rings is 1. The fourth-order valence-electron chi connectivity index (χ4n) is 2.15. The van der Waals surface area contributed by atoms with E-state index in [1.165, 1.54) is 6.92 Å². The number of hydrogen-bond donors (Lipinski definition) is 2. The van der Waals surface area contributed by atoms with Gasteiger partial charge < -0.3 is 15.1 Å². The second-order valence-corrected chi connectivity index (χ2v) is 5.33. The van der Waals surface area contributed by atoms with Gasteiger partial charge >= 0.3 is 0 Å². The Labute approximate surface area is 144 Å². The van der Waals surface area contributed by atoms with E-state index in [9.17, 15) is 9.59 Å². The Bertz CT molecular complexity index is 874. The third kappa shape index (κ3) is 4.29. The molecule has 2 aromatic heterocycles. The average molecular weight is 336 g/mol. The quantitative estimate of drug-likeness (QED) is 0.672. The van der Waals surface area contributed by atoms with Crippen molar-refractivity contribution in [3.05, 3.63) is 71.8 Å². The van der Waals surface area contributed by atoms with Crippen LogP contribution in [0.2, 0.25) is 0 Å². The van der Waals surface area contributed by atoms with Crippen LogP contribution in [0.15, 0.2) is 59.2 Å².